The molecule has 3 aromatic carbocycles. The Morgan fingerprint density at radius 1 is 1.00 bits per heavy atom. The Balaban J connectivity index is 1.89. The number of hydrogen-bond acceptors (Lipinski definition) is 5. The molecule has 0 saturated carbocycles. The van der Waals surface area contributed by atoms with Crippen molar-refractivity contribution < 1.29 is 9.47 Å². The van der Waals surface area contributed by atoms with E-state index in [-0.39, 0.29) is 17.0 Å². The van der Waals surface area contributed by atoms with E-state index in [2.05, 4.69) is 6.07 Å². The topological polar surface area (TPSA) is 90.3 Å². The maximum atomic E-state index is 14.0. The Kier molecular flexibility index (Phi) is 4.65. The first-order valence-corrected chi connectivity index (χ1v) is 10.1. The Hall–Kier alpha value is -4.50. The maximum Gasteiger partial charge on any atom is 0.263 e. The van der Waals surface area contributed by atoms with E-state index < -0.39 is 5.92 Å². The molecule has 1 aromatic heterocycles. The van der Waals surface area contributed by atoms with Gasteiger partial charge in [-0.25, -0.2) is 0 Å². The van der Waals surface area contributed by atoms with Crippen LogP contribution in [0.3, 0.4) is 0 Å². The van der Waals surface area contributed by atoms with E-state index in [4.69, 9.17) is 15.2 Å². The average molecular weight is 421 g/mol. The van der Waals surface area contributed by atoms with E-state index in [9.17, 15) is 10.1 Å². The number of nitriles is 1. The second-order valence-electron chi connectivity index (χ2n) is 7.43. The van der Waals surface area contributed by atoms with E-state index >= 15 is 0 Å². The van der Waals surface area contributed by atoms with E-state index in [1.807, 2.05) is 66.7 Å². The third-order valence-electron chi connectivity index (χ3n) is 5.71. The first-order chi connectivity index (χ1) is 15.6. The van der Waals surface area contributed by atoms with Crippen molar-refractivity contribution in [2.45, 2.75) is 5.92 Å². The van der Waals surface area contributed by atoms with Crippen LogP contribution in [0.2, 0.25) is 0 Å². The lowest BCUT2D eigenvalue weighted by molar-refractivity contribution is 0.396. The molecular weight excluding hydrogens is 402 g/mol. The molecule has 0 amide bonds. The SMILES string of the molecule is COc1ccc([C@H]2C(C#N)=C(N)Oc3c2c(=O)n(-c2ccccc2)c2ccccc32)cc1. The highest BCUT2D eigenvalue weighted by molar-refractivity contribution is 5.89. The van der Waals surface area contributed by atoms with Gasteiger partial charge in [0.25, 0.3) is 5.56 Å². The number of ether oxygens (including phenoxy) is 2. The molecule has 0 aliphatic carbocycles. The van der Waals surface area contributed by atoms with Gasteiger partial charge in [-0.2, -0.15) is 5.26 Å². The third kappa shape index (κ3) is 2.91. The maximum absolute atomic E-state index is 14.0. The lowest BCUT2D eigenvalue weighted by Gasteiger charge is -2.28. The quantitative estimate of drug-likeness (QED) is 0.535. The molecule has 156 valence electrons. The van der Waals surface area contributed by atoms with Crippen LogP contribution in [0.15, 0.2) is 95.1 Å². The van der Waals surface area contributed by atoms with E-state index in [0.29, 0.717) is 22.6 Å². The summed E-state index contributed by atoms with van der Waals surface area (Å²) in [6.07, 6.45) is 0. The summed E-state index contributed by atoms with van der Waals surface area (Å²) in [7, 11) is 1.59. The second kappa shape index (κ2) is 7.64. The summed E-state index contributed by atoms with van der Waals surface area (Å²) in [6.45, 7) is 0. The highest BCUT2D eigenvalue weighted by Gasteiger charge is 2.35. The third-order valence-corrected chi connectivity index (χ3v) is 5.71. The number of aromatic nitrogens is 1. The van der Waals surface area contributed by atoms with Crippen LogP contribution in [0, 0.1) is 11.3 Å². The predicted octanol–water partition coefficient (Wildman–Crippen LogP) is 4.22. The molecule has 6 nitrogen and oxygen atoms in total. The first-order valence-electron chi connectivity index (χ1n) is 10.1. The molecule has 6 heteroatoms. The minimum atomic E-state index is -0.665. The van der Waals surface area contributed by atoms with Crippen LogP contribution in [0.25, 0.3) is 16.6 Å². The van der Waals surface area contributed by atoms with Crippen LogP contribution < -0.4 is 20.8 Å². The summed E-state index contributed by atoms with van der Waals surface area (Å²) in [5, 5.41) is 10.6. The van der Waals surface area contributed by atoms with E-state index in [1.165, 1.54) is 0 Å². The molecule has 0 spiro atoms. The number of allylic oxidation sites excluding steroid dienone is 1. The molecule has 0 bridgehead atoms. The molecule has 0 unspecified atom stereocenters. The smallest absolute Gasteiger partial charge is 0.263 e. The molecule has 1 atom stereocenters. The number of rotatable bonds is 3. The Morgan fingerprint density at radius 3 is 2.38 bits per heavy atom. The van der Waals surface area contributed by atoms with Gasteiger partial charge in [-0.3, -0.25) is 9.36 Å². The summed E-state index contributed by atoms with van der Waals surface area (Å²) in [5.74, 6) is 0.399. The fraction of sp³-hybridized carbons (Fsp3) is 0.0769. The molecule has 5 rings (SSSR count). The predicted molar refractivity (Wildman–Crippen MR) is 122 cm³/mol. The number of nitrogens with two attached hydrogens (primary N) is 1. The fourth-order valence-corrected chi connectivity index (χ4v) is 4.23. The molecule has 4 aromatic rings. The molecule has 1 aliphatic rings. The normalized spacial score (nSPS) is 15.1. The zero-order valence-corrected chi connectivity index (χ0v) is 17.3. The van der Waals surface area contributed by atoms with Gasteiger partial charge in [0.1, 0.15) is 23.1 Å². The van der Waals surface area contributed by atoms with Crippen molar-refractivity contribution in [1.82, 2.24) is 4.57 Å². The summed E-state index contributed by atoms with van der Waals surface area (Å²) in [5.41, 5.74) is 8.68. The highest BCUT2D eigenvalue weighted by atomic mass is 16.5. The number of pyridine rings is 1. The Labute approximate surface area is 184 Å². The molecule has 0 saturated heterocycles. The minimum Gasteiger partial charge on any atom is -0.497 e. The van der Waals surface area contributed by atoms with Gasteiger partial charge in [-0.05, 0) is 42.0 Å². The standard InChI is InChI=1S/C26H19N3O3/c1-31-18-13-11-16(12-14-18)22-20(15-27)25(28)32-24-19-9-5-6-10-21(19)29(26(30)23(22)24)17-7-3-2-4-8-17/h2-14,22H,28H2,1H3/t22-/m0/s1. The zero-order valence-electron chi connectivity index (χ0n) is 17.3. The van der Waals surface area contributed by atoms with Crippen molar-refractivity contribution in [2.24, 2.45) is 5.73 Å². The molecule has 0 radical (unpaired) electrons. The second-order valence-corrected chi connectivity index (χ2v) is 7.43. The lowest BCUT2D eigenvalue weighted by atomic mass is 9.83. The molecule has 0 fully saturated rings. The summed E-state index contributed by atoms with van der Waals surface area (Å²) in [6, 6.07) is 26.4. The van der Waals surface area contributed by atoms with E-state index in [1.54, 1.807) is 23.8 Å². The van der Waals surface area contributed by atoms with E-state index in [0.717, 1.165) is 16.6 Å². The molecule has 2 N–H and O–H groups in total. The van der Waals surface area contributed by atoms with Crippen LogP contribution in [-0.2, 0) is 0 Å². The summed E-state index contributed by atoms with van der Waals surface area (Å²) < 4.78 is 12.8. The zero-order chi connectivity index (χ0) is 22.2. The largest absolute Gasteiger partial charge is 0.497 e. The van der Waals surface area contributed by atoms with Crippen molar-refractivity contribution in [3.05, 3.63) is 112 Å². The number of fused-ring (bicyclic) bond motifs is 3. The van der Waals surface area contributed by atoms with Gasteiger partial charge in [0.05, 0.1) is 24.1 Å². The molecular formula is C26H19N3O3. The van der Waals surface area contributed by atoms with Gasteiger partial charge in [0, 0.05) is 11.1 Å². The monoisotopic (exact) mass is 421 g/mol. The minimum absolute atomic E-state index is 0.00262. The molecule has 1 aliphatic heterocycles. The lowest BCUT2D eigenvalue weighted by Crippen LogP contribution is -2.31. The van der Waals surface area contributed by atoms with Gasteiger partial charge in [0.15, 0.2) is 0 Å². The molecule has 2 heterocycles. The number of para-hydroxylation sites is 2. The van der Waals surface area contributed by atoms with Crippen LogP contribution in [0.1, 0.15) is 17.0 Å². The number of nitrogens with zero attached hydrogens (tertiary/aromatic N) is 2. The number of methoxy groups -OCH3 is 1. The van der Waals surface area contributed by atoms with Gasteiger partial charge in [-0.15, -0.1) is 0 Å². The van der Waals surface area contributed by atoms with Crippen LogP contribution in [0.5, 0.6) is 11.5 Å². The average Bonchev–Trinajstić information content (AvgIpc) is 2.84. The number of benzene rings is 3. The van der Waals surface area contributed by atoms with Crippen molar-refractivity contribution in [1.29, 1.82) is 5.26 Å². The van der Waals surface area contributed by atoms with Crippen LogP contribution in [-0.4, -0.2) is 11.7 Å². The van der Waals surface area contributed by atoms with Gasteiger partial charge in [0.2, 0.25) is 5.88 Å². The first kappa shape index (κ1) is 19.5. The Bertz CT molecular complexity index is 1460. The van der Waals surface area contributed by atoms with Crippen molar-refractivity contribution in [3.63, 3.8) is 0 Å². The summed E-state index contributed by atoms with van der Waals surface area (Å²) >= 11 is 0. The van der Waals surface area contributed by atoms with Crippen molar-refractivity contribution >= 4 is 10.9 Å². The Morgan fingerprint density at radius 2 is 1.69 bits per heavy atom. The fourth-order valence-electron chi connectivity index (χ4n) is 4.23. The van der Waals surface area contributed by atoms with Crippen molar-refractivity contribution in [3.8, 4) is 23.3 Å². The van der Waals surface area contributed by atoms with Crippen LogP contribution >= 0.6 is 0 Å². The van der Waals surface area contributed by atoms with Gasteiger partial charge in [-0.1, -0.05) is 42.5 Å². The summed E-state index contributed by atoms with van der Waals surface area (Å²) in [4.78, 5) is 14.0. The molecule has 32 heavy (non-hydrogen) atoms. The van der Waals surface area contributed by atoms with Gasteiger partial charge >= 0.3 is 0 Å². The van der Waals surface area contributed by atoms with Gasteiger partial charge < -0.3 is 15.2 Å². The van der Waals surface area contributed by atoms with Crippen LogP contribution in [0.4, 0.5) is 0 Å². The van der Waals surface area contributed by atoms with Crippen molar-refractivity contribution in [2.75, 3.05) is 7.11 Å². The number of hydrogen-bond donors (Lipinski definition) is 1. The highest BCUT2D eigenvalue weighted by Crippen LogP contribution is 2.44.